The summed E-state index contributed by atoms with van der Waals surface area (Å²) in [6.07, 6.45) is 0.881. The molecule has 2 rings (SSSR count). The summed E-state index contributed by atoms with van der Waals surface area (Å²) in [5.41, 5.74) is 0.929. The molecule has 1 heterocycles. The van der Waals surface area contributed by atoms with Crippen LogP contribution in [0.25, 0.3) is 0 Å². The molecule has 0 bridgehead atoms. The van der Waals surface area contributed by atoms with Crippen molar-refractivity contribution in [1.82, 2.24) is 10.6 Å². The maximum absolute atomic E-state index is 11.6. The van der Waals surface area contributed by atoms with Gasteiger partial charge >= 0.3 is 0 Å². The molecule has 2 amide bonds. The Morgan fingerprint density at radius 2 is 2.05 bits per heavy atom. The number of rotatable bonds is 5. The Morgan fingerprint density at radius 3 is 2.67 bits per heavy atom. The van der Waals surface area contributed by atoms with Crippen LogP contribution in [-0.4, -0.2) is 32.1 Å². The fourth-order valence-corrected chi connectivity index (χ4v) is 2.12. The first-order chi connectivity index (χ1) is 9.63. The fraction of sp³-hybridized carbons (Fsp3) is 0.429. The first kappa shape index (κ1) is 17.3. The van der Waals surface area contributed by atoms with Crippen molar-refractivity contribution in [2.24, 2.45) is 0 Å². The van der Waals surface area contributed by atoms with Crippen LogP contribution in [0.1, 0.15) is 18.4 Å². The zero-order valence-electron chi connectivity index (χ0n) is 12.0. The Labute approximate surface area is 129 Å². The minimum atomic E-state index is -0.348. The van der Waals surface area contributed by atoms with Gasteiger partial charge in [-0.2, -0.15) is 0 Å². The number of carbonyl (C=O) groups excluding carboxylic acids is 2. The summed E-state index contributed by atoms with van der Waals surface area (Å²) in [6.45, 7) is 0.486. The fourth-order valence-electron chi connectivity index (χ4n) is 2.12. The summed E-state index contributed by atoms with van der Waals surface area (Å²) in [6, 6.07) is 5.17. The molecule has 21 heavy (non-hydrogen) atoms. The second-order valence-corrected chi connectivity index (χ2v) is 4.56. The van der Waals surface area contributed by atoms with Crippen LogP contribution in [0.3, 0.4) is 0 Å². The highest BCUT2D eigenvalue weighted by Crippen LogP contribution is 2.24. The van der Waals surface area contributed by atoms with Crippen LogP contribution in [0.4, 0.5) is 0 Å². The molecule has 2 N–H and O–H groups in total. The van der Waals surface area contributed by atoms with E-state index in [2.05, 4.69) is 10.6 Å². The topological polar surface area (TPSA) is 76.7 Å². The van der Waals surface area contributed by atoms with Crippen molar-refractivity contribution in [1.29, 1.82) is 0 Å². The first-order valence-corrected chi connectivity index (χ1v) is 6.42. The number of piperidine rings is 1. The molecule has 1 aliphatic rings. The van der Waals surface area contributed by atoms with Gasteiger partial charge in [0.05, 0.1) is 20.3 Å². The van der Waals surface area contributed by atoms with Crippen LogP contribution < -0.4 is 20.1 Å². The van der Waals surface area contributed by atoms with E-state index in [-0.39, 0.29) is 30.3 Å². The van der Waals surface area contributed by atoms with E-state index >= 15 is 0 Å². The van der Waals surface area contributed by atoms with Gasteiger partial charge in [-0.15, -0.1) is 12.4 Å². The number of amides is 2. The third kappa shape index (κ3) is 4.34. The van der Waals surface area contributed by atoms with E-state index in [1.165, 1.54) is 0 Å². The minimum Gasteiger partial charge on any atom is -0.497 e. The van der Waals surface area contributed by atoms with E-state index in [9.17, 15) is 9.59 Å². The first-order valence-electron chi connectivity index (χ1n) is 6.42. The smallest absolute Gasteiger partial charge is 0.243 e. The summed E-state index contributed by atoms with van der Waals surface area (Å²) in [5.74, 6) is 0.930. The monoisotopic (exact) mass is 314 g/mol. The molecule has 1 aliphatic heterocycles. The van der Waals surface area contributed by atoms with Crippen molar-refractivity contribution in [3.63, 3.8) is 0 Å². The van der Waals surface area contributed by atoms with Crippen LogP contribution in [-0.2, 0) is 16.1 Å². The maximum Gasteiger partial charge on any atom is 0.243 e. The lowest BCUT2D eigenvalue weighted by Crippen LogP contribution is -2.50. The van der Waals surface area contributed by atoms with Gasteiger partial charge < -0.3 is 14.8 Å². The summed E-state index contributed by atoms with van der Waals surface area (Å²) in [5, 5.41) is 5.46. The summed E-state index contributed by atoms with van der Waals surface area (Å²) >= 11 is 0. The van der Waals surface area contributed by atoms with Crippen LogP contribution in [0.15, 0.2) is 18.2 Å². The second-order valence-electron chi connectivity index (χ2n) is 4.56. The van der Waals surface area contributed by atoms with Crippen molar-refractivity contribution < 1.29 is 19.1 Å². The number of halogens is 1. The third-order valence-corrected chi connectivity index (χ3v) is 3.27. The third-order valence-electron chi connectivity index (χ3n) is 3.27. The van der Waals surface area contributed by atoms with Gasteiger partial charge in [-0.05, 0) is 12.5 Å². The standard InChI is InChI=1S/C14H18N2O4.ClH/c1-19-10-4-3-9(12(7-10)20-2)8-15-11-5-6-13(17)16-14(11)18;/h3-4,7,11,15H,5-6,8H2,1-2H3,(H,16,17,18);1H. The molecule has 0 saturated carbocycles. The number of hydrogen-bond acceptors (Lipinski definition) is 5. The minimum absolute atomic E-state index is 0. The molecule has 6 nitrogen and oxygen atoms in total. The van der Waals surface area contributed by atoms with E-state index in [4.69, 9.17) is 9.47 Å². The maximum atomic E-state index is 11.6. The molecule has 1 atom stereocenters. The normalized spacial score (nSPS) is 17.7. The number of benzene rings is 1. The summed E-state index contributed by atoms with van der Waals surface area (Å²) in [4.78, 5) is 22.7. The predicted molar refractivity (Wildman–Crippen MR) is 79.8 cm³/mol. The van der Waals surface area contributed by atoms with Gasteiger partial charge in [-0.25, -0.2) is 0 Å². The molecular formula is C14H19ClN2O4. The van der Waals surface area contributed by atoms with Crippen LogP contribution in [0.5, 0.6) is 11.5 Å². The van der Waals surface area contributed by atoms with Crippen LogP contribution in [0.2, 0.25) is 0 Å². The Morgan fingerprint density at radius 1 is 1.29 bits per heavy atom. The van der Waals surface area contributed by atoms with E-state index in [1.54, 1.807) is 20.3 Å². The van der Waals surface area contributed by atoms with Crippen LogP contribution >= 0.6 is 12.4 Å². The zero-order valence-corrected chi connectivity index (χ0v) is 12.8. The lowest BCUT2D eigenvalue weighted by molar-refractivity contribution is -0.134. The molecule has 0 aliphatic carbocycles. The highest BCUT2D eigenvalue weighted by molar-refractivity contribution is 6.00. The van der Waals surface area contributed by atoms with Gasteiger partial charge in [0.2, 0.25) is 11.8 Å². The lowest BCUT2D eigenvalue weighted by atomic mass is 10.1. The Kier molecular flexibility index (Phi) is 6.45. The second kappa shape index (κ2) is 7.85. The highest BCUT2D eigenvalue weighted by atomic mass is 35.5. The van der Waals surface area contributed by atoms with E-state index in [0.717, 1.165) is 5.56 Å². The van der Waals surface area contributed by atoms with Gasteiger partial charge in [0.15, 0.2) is 0 Å². The number of hydrogen-bond donors (Lipinski definition) is 2. The van der Waals surface area contributed by atoms with Crippen molar-refractivity contribution in [2.45, 2.75) is 25.4 Å². The van der Waals surface area contributed by atoms with Crippen molar-refractivity contribution in [3.8, 4) is 11.5 Å². The van der Waals surface area contributed by atoms with E-state index in [1.807, 2.05) is 12.1 Å². The number of ether oxygens (including phenoxy) is 2. The molecule has 0 radical (unpaired) electrons. The summed E-state index contributed by atoms with van der Waals surface area (Å²) in [7, 11) is 3.18. The number of imide groups is 1. The molecule has 0 aromatic heterocycles. The molecule has 1 unspecified atom stereocenters. The highest BCUT2D eigenvalue weighted by Gasteiger charge is 2.26. The van der Waals surface area contributed by atoms with Crippen molar-refractivity contribution in [3.05, 3.63) is 23.8 Å². The average Bonchev–Trinajstić information content (AvgIpc) is 2.46. The number of nitrogens with one attached hydrogen (secondary N) is 2. The molecule has 1 fully saturated rings. The molecular weight excluding hydrogens is 296 g/mol. The van der Waals surface area contributed by atoms with Gasteiger partial charge in [0.25, 0.3) is 0 Å². The van der Waals surface area contributed by atoms with Crippen molar-refractivity contribution in [2.75, 3.05) is 14.2 Å². The Balaban J connectivity index is 0.00000220. The molecule has 1 aromatic carbocycles. The SMILES string of the molecule is COc1ccc(CNC2CCC(=O)NC2=O)c(OC)c1.Cl. The molecule has 0 spiro atoms. The van der Waals surface area contributed by atoms with Gasteiger partial charge in [0, 0.05) is 24.6 Å². The molecule has 7 heteroatoms. The Bertz CT molecular complexity index is 522. The zero-order chi connectivity index (χ0) is 14.5. The largest absolute Gasteiger partial charge is 0.497 e. The molecule has 116 valence electrons. The van der Waals surface area contributed by atoms with Crippen molar-refractivity contribution >= 4 is 24.2 Å². The van der Waals surface area contributed by atoms with Gasteiger partial charge in [-0.1, -0.05) is 6.07 Å². The summed E-state index contributed by atoms with van der Waals surface area (Å²) < 4.78 is 10.4. The predicted octanol–water partition coefficient (Wildman–Crippen LogP) is 1.02. The van der Waals surface area contributed by atoms with E-state index in [0.29, 0.717) is 30.9 Å². The van der Waals surface area contributed by atoms with E-state index < -0.39 is 0 Å². The molecule has 1 aromatic rings. The molecule has 1 saturated heterocycles. The van der Waals surface area contributed by atoms with Crippen LogP contribution in [0, 0.1) is 0 Å². The average molecular weight is 315 g/mol. The number of methoxy groups -OCH3 is 2. The lowest BCUT2D eigenvalue weighted by Gasteiger charge is -2.22. The van der Waals surface area contributed by atoms with Gasteiger partial charge in [0.1, 0.15) is 11.5 Å². The van der Waals surface area contributed by atoms with Gasteiger partial charge in [-0.3, -0.25) is 14.9 Å². The number of carbonyl (C=O) groups is 2. The quantitative estimate of drug-likeness (QED) is 0.794. The Hall–Kier alpha value is -1.79.